The monoisotopic (exact) mass is 222 g/mol. The molecule has 2 atom stereocenters. The van der Waals surface area contributed by atoms with Gasteiger partial charge in [0.05, 0.1) is 6.04 Å². The molecular formula is C12H22N4. The van der Waals surface area contributed by atoms with Gasteiger partial charge in [-0.2, -0.15) is 5.10 Å². The van der Waals surface area contributed by atoms with Gasteiger partial charge < -0.3 is 5.32 Å². The normalized spacial score (nSPS) is 21.8. The second kappa shape index (κ2) is 4.95. The third kappa shape index (κ3) is 2.26. The van der Waals surface area contributed by atoms with Crippen molar-refractivity contribution in [1.29, 1.82) is 0 Å². The van der Waals surface area contributed by atoms with Gasteiger partial charge >= 0.3 is 0 Å². The molecule has 2 unspecified atom stereocenters. The van der Waals surface area contributed by atoms with Crippen molar-refractivity contribution in [3.63, 3.8) is 0 Å². The van der Waals surface area contributed by atoms with Crippen LogP contribution in [0.3, 0.4) is 0 Å². The molecule has 1 aromatic heterocycles. The quantitative estimate of drug-likeness (QED) is 0.848. The summed E-state index contributed by atoms with van der Waals surface area (Å²) in [5.74, 6) is 2.12. The van der Waals surface area contributed by atoms with Crippen molar-refractivity contribution in [2.75, 3.05) is 0 Å². The minimum atomic E-state index is 0.400. The zero-order valence-electron chi connectivity index (χ0n) is 10.5. The predicted octanol–water partition coefficient (Wildman–Crippen LogP) is 2.06. The zero-order chi connectivity index (χ0) is 11.5. The van der Waals surface area contributed by atoms with Crippen molar-refractivity contribution in [3.05, 3.63) is 11.6 Å². The summed E-state index contributed by atoms with van der Waals surface area (Å²) < 4.78 is 2.09. The van der Waals surface area contributed by atoms with Gasteiger partial charge in [-0.05, 0) is 26.2 Å². The van der Waals surface area contributed by atoms with Gasteiger partial charge in [0.15, 0.2) is 5.82 Å². The van der Waals surface area contributed by atoms with Gasteiger partial charge in [0.1, 0.15) is 5.82 Å². The van der Waals surface area contributed by atoms with Crippen LogP contribution in [-0.4, -0.2) is 20.8 Å². The van der Waals surface area contributed by atoms with E-state index in [-0.39, 0.29) is 0 Å². The molecule has 4 nitrogen and oxygen atoms in total. The van der Waals surface area contributed by atoms with Gasteiger partial charge in [0.2, 0.25) is 0 Å². The number of hydrogen-bond donors (Lipinski definition) is 1. The van der Waals surface area contributed by atoms with Gasteiger partial charge in [-0.15, -0.1) is 0 Å². The van der Waals surface area contributed by atoms with E-state index in [2.05, 4.69) is 40.9 Å². The lowest BCUT2D eigenvalue weighted by atomic mass is 10.1. The highest BCUT2D eigenvalue weighted by atomic mass is 15.4. The molecule has 90 valence electrons. The van der Waals surface area contributed by atoms with E-state index in [0.717, 1.165) is 31.0 Å². The Bertz CT molecular complexity index is 345. The van der Waals surface area contributed by atoms with Crippen molar-refractivity contribution >= 4 is 0 Å². The van der Waals surface area contributed by atoms with E-state index in [0.29, 0.717) is 12.1 Å². The molecular weight excluding hydrogens is 200 g/mol. The van der Waals surface area contributed by atoms with Crippen LogP contribution in [-0.2, 0) is 13.0 Å². The zero-order valence-corrected chi connectivity index (χ0v) is 10.5. The number of fused-ring (bicyclic) bond motifs is 1. The second-order valence-corrected chi connectivity index (χ2v) is 4.63. The number of aromatic nitrogens is 3. The minimum absolute atomic E-state index is 0.400. The smallest absolute Gasteiger partial charge is 0.150 e. The molecule has 1 aliphatic heterocycles. The van der Waals surface area contributed by atoms with Crippen molar-refractivity contribution in [3.8, 4) is 0 Å². The third-order valence-corrected chi connectivity index (χ3v) is 3.33. The Balaban J connectivity index is 2.15. The maximum Gasteiger partial charge on any atom is 0.150 e. The van der Waals surface area contributed by atoms with Crippen LogP contribution in [0.2, 0.25) is 0 Å². The highest BCUT2D eigenvalue weighted by molar-refractivity contribution is 5.02. The first-order valence-corrected chi connectivity index (χ1v) is 6.44. The molecule has 0 saturated heterocycles. The third-order valence-electron chi connectivity index (χ3n) is 3.33. The fraction of sp³-hybridized carbons (Fsp3) is 0.833. The standard InChI is InChI=1S/C12H22N4/c1-4-9(3)13-10-7-6-8-16-12(10)14-11(5-2)15-16/h9-10,13H,4-8H2,1-3H3. The highest BCUT2D eigenvalue weighted by Gasteiger charge is 2.24. The maximum atomic E-state index is 4.63. The fourth-order valence-electron chi connectivity index (χ4n) is 2.17. The summed E-state index contributed by atoms with van der Waals surface area (Å²) in [5.41, 5.74) is 0. The minimum Gasteiger partial charge on any atom is -0.305 e. The van der Waals surface area contributed by atoms with Gasteiger partial charge in [-0.3, -0.25) is 0 Å². The van der Waals surface area contributed by atoms with Crippen LogP contribution >= 0.6 is 0 Å². The Morgan fingerprint density at radius 2 is 2.31 bits per heavy atom. The Labute approximate surface area is 97.5 Å². The molecule has 2 heterocycles. The van der Waals surface area contributed by atoms with Crippen LogP contribution in [0.25, 0.3) is 0 Å². The Morgan fingerprint density at radius 1 is 1.50 bits per heavy atom. The molecule has 1 N–H and O–H groups in total. The van der Waals surface area contributed by atoms with Crippen LogP contribution in [0, 0.1) is 0 Å². The number of rotatable bonds is 4. The molecule has 0 saturated carbocycles. The second-order valence-electron chi connectivity index (χ2n) is 4.63. The van der Waals surface area contributed by atoms with E-state index >= 15 is 0 Å². The Hall–Kier alpha value is -0.900. The number of hydrogen-bond acceptors (Lipinski definition) is 3. The average molecular weight is 222 g/mol. The molecule has 16 heavy (non-hydrogen) atoms. The van der Waals surface area contributed by atoms with Gasteiger partial charge in [-0.1, -0.05) is 13.8 Å². The molecule has 1 aliphatic rings. The highest BCUT2D eigenvalue weighted by Crippen LogP contribution is 2.23. The SMILES string of the molecule is CCc1nc2n(n1)CCCC2NC(C)CC. The summed E-state index contributed by atoms with van der Waals surface area (Å²) in [7, 11) is 0. The predicted molar refractivity (Wildman–Crippen MR) is 64.3 cm³/mol. The van der Waals surface area contributed by atoms with Crippen molar-refractivity contribution in [1.82, 2.24) is 20.1 Å². The van der Waals surface area contributed by atoms with Crippen LogP contribution < -0.4 is 5.32 Å². The molecule has 0 fully saturated rings. The first-order valence-electron chi connectivity index (χ1n) is 6.44. The molecule has 2 rings (SSSR count). The fourth-order valence-corrected chi connectivity index (χ4v) is 2.17. The lowest BCUT2D eigenvalue weighted by Gasteiger charge is -2.25. The summed E-state index contributed by atoms with van der Waals surface area (Å²) in [6.45, 7) is 7.58. The Kier molecular flexibility index (Phi) is 3.59. The van der Waals surface area contributed by atoms with Gasteiger partial charge in [0.25, 0.3) is 0 Å². The van der Waals surface area contributed by atoms with Crippen molar-refractivity contribution in [2.24, 2.45) is 0 Å². The van der Waals surface area contributed by atoms with Crippen LogP contribution in [0.15, 0.2) is 0 Å². The lowest BCUT2D eigenvalue weighted by Crippen LogP contribution is -2.34. The molecule has 0 aliphatic carbocycles. The molecule has 0 bridgehead atoms. The molecule has 0 aromatic carbocycles. The molecule has 0 radical (unpaired) electrons. The number of aryl methyl sites for hydroxylation is 2. The van der Waals surface area contributed by atoms with Crippen LogP contribution in [0.1, 0.15) is 57.7 Å². The average Bonchev–Trinajstić information content (AvgIpc) is 2.73. The number of nitrogens with one attached hydrogen (secondary N) is 1. The first-order chi connectivity index (χ1) is 7.74. The summed E-state index contributed by atoms with van der Waals surface area (Å²) in [6.07, 6.45) is 4.47. The largest absolute Gasteiger partial charge is 0.305 e. The van der Waals surface area contributed by atoms with E-state index in [1.165, 1.54) is 12.8 Å². The summed E-state index contributed by atoms with van der Waals surface area (Å²) >= 11 is 0. The molecule has 1 aromatic rings. The van der Waals surface area contributed by atoms with E-state index in [1.54, 1.807) is 0 Å². The Morgan fingerprint density at radius 3 is 3.00 bits per heavy atom. The van der Waals surface area contributed by atoms with E-state index in [1.807, 2.05) is 0 Å². The summed E-state index contributed by atoms with van der Waals surface area (Å²) in [6, 6.07) is 0.954. The summed E-state index contributed by atoms with van der Waals surface area (Å²) in [4.78, 5) is 4.63. The topological polar surface area (TPSA) is 42.7 Å². The number of nitrogens with zero attached hydrogens (tertiary/aromatic N) is 3. The molecule has 4 heteroatoms. The lowest BCUT2D eigenvalue weighted by molar-refractivity contribution is 0.338. The van der Waals surface area contributed by atoms with Crippen molar-refractivity contribution in [2.45, 2.75) is 65.1 Å². The molecule has 0 amide bonds. The van der Waals surface area contributed by atoms with Crippen molar-refractivity contribution < 1.29 is 0 Å². The first kappa shape index (κ1) is 11.6. The van der Waals surface area contributed by atoms with Gasteiger partial charge in [-0.25, -0.2) is 9.67 Å². The van der Waals surface area contributed by atoms with Crippen LogP contribution in [0.4, 0.5) is 0 Å². The molecule has 0 spiro atoms. The van der Waals surface area contributed by atoms with E-state index < -0.39 is 0 Å². The van der Waals surface area contributed by atoms with Crippen LogP contribution in [0.5, 0.6) is 0 Å². The summed E-state index contributed by atoms with van der Waals surface area (Å²) in [5, 5.41) is 8.16. The van der Waals surface area contributed by atoms with E-state index in [9.17, 15) is 0 Å². The maximum absolute atomic E-state index is 4.63. The van der Waals surface area contributed by atoms with E-state index in [4.69, 9.17) is 0 Å². The van der Waals surface area contributed by atoms with Gasteiger partial charge in [0, 0.05) is 19.0 Å².